The van der Waals surface area contributed by atoms with E-state index >= 15 is 0 Å². The maximum atomic E-state index is 13.1. The zero-order valence-corrected chi connectivity index (χ0v) is 19.5. The Morgan fingerprint density at radius 3 is 2.53 bits per heavy atom. The number of sulfonamides is 1. The van der Waals surface area contributed by atoms with Crippen LogP contribution in [0, 0.1) is 0 Å². The third-order valence-corrected chi connectivity index (χ3v) is 7.93. The third-order valence-electron chi connectivity index (χ3n) is 5.55. The van der Waals surface area contributed by atoms with E-state index in [0.717, 1.165) is 5.56 Å². The molecule has 0 saturated carbocycles. The van der Waals surface area contributed by atoms with Crippen LogP contribution in [0.2, 0.25) is 5.02 Å². The average Bonchev–Trinajstić information content (AvgIpc) is 3.29. The van der Waals surface area contributed by atoms with E-state index < -0.39 is 15.9 Å². The molecule has 0 radical (unpaired) electrons. The molecule has 1 saturated heterocycles. The molecule has 1 aliphatic heterocycles. The van der Waals surface area contributed by atoms with Gasteiger partial charge < -0.3 is 14.6 Å². The van der Waals surface area contributed by atoms with Crippen LogP contribution in [0.5, 0.6) is 0 Å². The largest absolute Gasteiger partial charge is 0.379 e. The number of aromatic nitrogens is 1. The second-order valence-corrected chi connectivity index (χ2v) is 10.0. The molecule has 0 bridgehead atoms. The van der Waals surface area contributed by atoms with Gasteiger partial charge in [-0.05, 0) is 36.4 Å². The molecule has 10 heteroatoms. The second kappa shape index (κ2) is 9.19. The van der Waals surface area contributed by atoms with Crippen LogP contribution in [0.1, 0.15) is 10.4 Å². The summed E-state index contributed by atoms with van der Waals surface area (Å²) in [5.41, 5.74) is 2.16. The summed E-state index contributed by atoms with van der Waals surface area (Å²) in [7, 11) is -3.82. The van der Waals surface area contributed by atoms with Gasteiger partial charge in [-0.3, -0.25) is 4.79 Å². The Morgan fingerprint density at radius 1 is 1.00 bits per heavy atom. The number of halogens is 1. The summed E-state index contributed by atoms with van der Waals surface area (Å²) in [4.78, 5) is 12.9. The van der Waals surface area contributed by atoms with Gasteiger partial charge in [0, 0.05) is 29.9 Å². The first-order valence-corrected chi connectivity index (χ1v) is 12.4. The highest BCUT2D eigenvalue weighted by molar-refractivity contribution is 7.89. The van der Waals surface area contributed by atoms with Crippen molar-refractivity contribution in [1.82, 2.24) is 9.46 Å². The molecule has 174 valence electrons. The Balaban J connectivity index is 1.43. The molecule has 4 aromatic rings. The molecule has 2 heterocycles. The smallest absolute Gasteiger partial charge is 0.255 e. The summed E-state index contributed by atoms with van der Waals surface area (Å²) in [6.45, 7) is 1.14. The highest BCUT2D eigenvalue weighted by atomic mass is 35.5. The van der Waals surface area contributed by atoms with Crippen molar-refractivity contribution in [2.24, 2.45) is 0 Å². The summed E-state index contributed by atoms with van der Waals surface area (Å²) in [5, 5.41) is 7.62. The monoisotopic (exact) mass is 497 g/mol. The van der Waals surface area contributed by atoms with Crippen molar-refractivity contribution in [1.29, 1.82) is 0 Å². The molecule has 1 aliphatic rings. The number of amides is 1. The molecular weight excluding hydrogens is 478 g/mol. The molecule has 3 aromatic carbocycles. The van der Waals surface area contributed by atoms with E-state index in [4.69, 9.17) is 20.9 Å². The van der Waals surface area contributed by atoms with E-state index in [2.05, 4.69) is 10.5 Å². The standard InChI is InChI=1S/C24H20ClN3O5S/c25-20-8-7-18(15-22(20)34(30,31)28-10-12-32-13-11-28)26-24(29)17-6-9-21-19(14-17)23(33-27-21)16-4-2-1-3-5-16/h1-9,14-15H,10-13H2,(H,26,29). The highest BCUT2D eigenvalue weighted by Gasteiger charge is 2.28. The molecule has 1 N–H and O–H groups in total. The van der Waals surface area contributed by atoms with Crippen LogP contribution in [-0.4, -0.2) is 50.1 Å². The average molecular weight is 498 g/mol. The summed E-state index contributed by atoms with van der Waals surface area (Å²) in [5.74, 6) is 0.162. The van der Waals surface area contributed by atoms with E-state index in [1.54, 1.807) is 24.3 Å². The van der Waals surface area contributed by atoms with Gasteiger partial charge in [0.1, 0.15) is 10.4 Å². The van der Waals surface area contributed by atoms with E-state index in [1.165, 1.54) is 16.4 Å². The lowest BCUT2D eigenvalue weighted by atomic mass is 10.1. The number of nitrogens with zero attached hydrogens (tertiary/aromatic N) is 2. The van der Waals surface area contributed by atoms with Crippen molar-refractivity contribution >= 4 is 44.1 Å². The van der Waals surface area contributed by atoms with Crippen LogP contribution in [0.4, 0.5) is 5.69 Å². The van der Waals surface area contributed by atoms with Crippen molar-refractivity contribution in [3.05, 3.63) is 77.3 Å². The lowest BCUT2D eigenvalue weighted by molar-refractivity contribution is 0.0730. The van der Waals surface area contributed by atoms with Crippen LogP contribution in [0.15, 0.2) is 76.1 Å². The first-order valence-electron chi connectivity index (χ1n) is 10.6. The molecule has 1 aromatic heterocycles. The Morgan fingerprint density at radius 2 is 1.76 bits per heavy atom. The number of carbonyl (C=O) groups excluding carboxylic acids is 1. The van der Waals surface area contributed by atoms with Crippen molar-refractivity contribution in [2.75, 3.05) is 31.6 Å². The lowest BCUT2D eigenvalue weighted by Crippen LogP contribution is -2.40. The number of fused-ring (bicyclic) bond motifs is 1. The molecule has 5 rings (SSSR count). The number of anilines is 1. The van der Waals surface area contributed by atoms with E-state index in [0.29, 0.717) is 41.1 Å². The predicted octanol–water partition coefficient (Wildman–Crippen LogP) is 4.42. The van der Waals surface area contributed by atoms with Crippen molar-refractivity contribution in [2.45, 2.75) is 4.90 Å². The lowest BCUT2D eigenvalue weighted by Gasteiger charge is -2.26. The minimum Gasteiger partial charge on any atom is -0.379 e. The van der Waals surface area contributed by atoms with Gasteiger partial charge >= 0.3 is 0 Å². The fraction of sp³-hybridized carbons (Fsp3) is 0.167. The molecule has 0 spiro atoms. The summed E-state index contributed by atoms with van der Waals surface area (Å²) >= 11 is 6.21. The Labute approximate surface area is 201 Å². The number of carbonyl (C=O) groups is 1. The Kier molecular flexibility index (Phi) is 6.09. The van der Waals surface area contributed by atoms with Crippen LogP contribution in [-0.2, 0) is 14.8 Å². The summed E-state index contributed by atoms with van der Waals surface area (Å²) in [6.07, 6.45) is 0. The Bertz CT molecular complexity index is 1460. The SMILES string of the molecule is O=C(Nc1ccc(Cl)c(S(=O)(=O)N2CCOCC2)c1)c1ccc2noc(-c3ccccc3)c2c1. The number of hydrogen-bond donors (Lipinski definition) is 1. The molecule has 34 heavy (non-hydrogen) atoms. The number of ether oxygens (including phenoxy) is 1. The van der Waals surface area contributed by atoms with Crippen molar-refractivity contribution in [3.8, 4) is 11.3 Å². The molecule has 1 fully saturated rings. The summed E-state index contributed by atoms with van der Waals surface area (Å²) < 4.78 is 38.2. The summed E-state index contributed by atoms with van der Waals surface area (Å²) in [6, 6.07) is 18.9. The van der Waals surface area contributed by atoms with Gasteiger partial charge in [-0.1, -0.05) is 47.1 Å². The number of rotatable bonds is 5. The topological polar surface area (TPSA) is 102 Å². The molecule has 0 unspecified atom stereocenters. The van der Waals surface area contributed by atoms with Crippen LogP contribution in [0.25, 0.3) is 22.2 Å². The van der Waals surface area contributed by atoms with Crippen LogP contribution in [0.3, 0.4) is 0 Å². The first-order chi connectivity index (χ1) is 16.4. The van der Waals surface area contributed by atoms with E-state index in [9.17, 15) is 13.2 Å². The fourth-order valence-electron chi connectivity index (χ4n) is 3.79. The normalized spacial score (nSPS) is 14.9. The van der Waals surface area contributed by atoms with E-state index in [-0.39, 0.29) is 23.0 Å². The molecular formula is C24H20ClN3O5S. The van der Waals surface area contributed by atoms with Gasteiger partial charge in [-0.2, -0.15) is 4.31 Å². The van der Waals surface area contributed by atoms with Crippen LogP contribution >= 0.6 is 11.6 Å². The predicted molar refractivity (Wildman–Crippen MR) is 128 cm³/mol. The zero-order chi connectivity index (χ0) is 23.7. The van der Waals surface area contributed by atoms with Gasteiger partial charge in [0.15, 0.2) is 5.76 Å². The molecule has 8 nitrogen and oxygen atoms in total. The van der Waals surface area contributed by atoms with Gasteiger partial charge in [-0.25, -0.2) is 8.42 Å². The number of benzene rings is 3. The molecule has 0 atom stereocenters. The zero-order valence-electron chi connectivity index (χ0n) is 17.9. The van der Waals surface area contributed by atoms with Crippen LogP contribution < -0.4 is 5.32 Å². The third kappa shape index (κ3) is 4.30. The first kappa shape index (κ1) is 22.5. The van der Waals surface area contributed by atoms with Gasteiger partial charge in [-0.15, -0.1) is 0 Å². The maximum absolute atomic E-state index is 13.1. The molecule has 0 aliphatic carbocycles. The van der Waals surface area contributed by atoms with E-state index in [1.807, 2.05) is 30.3 Å². The van der Waals surface area contributed by atoms with Crippen molar-refractivity contribution < 1.29 is 22.5 Å². The minimum atomic E-state index is -3.82. The highest BCUT2D eigenvalue weighted by Crippen LogP contribution is 2.31. The Hall–Kier alpha value is -3.24. The fourth-order valence-corrected chi connectivity index (χ4v) is 5.70. The van der Waals surface area contributed by atoms with Gasteiger partial charge in [0.2, 0.25) is 10.0 Å². The maximum Gasteiger partial charge on any atom is 0.255 e. The minimum absolute atomic E-state index is 0.0604. The van der Waals surface area contributed by atoms with Gasteiger partial charge in [0.25, 0.3) is 5.91 Å². The second-order valence-electron chi connectivity index (χ2n) is 7.73. The van der Waals surface area contributed by atoms with Gasteiger partial charge in [0.05, 0.1) is 23.6 Å². The number of morpholine rings is 1. The van der Waals surface area contributed by atoms with Crippen molar-refractivity contribution in [3.63, 3.8) is 0 Å². The number of hydrogen-bond acceptors (Lipinski definition) is 6. The number of nitrogens with one attached hydrogen (secondary N) is 1. The molecule has 1 amide bonds. The quantitative estimate of drug-likeness (QED) is 0.438.